The molecule has 1 heterocycles. The van der Waals surface area contributed by atoms with Gasteiger partial charge in [0.1, 0.15) is 6.54 Å². The molecule has 0 amide bonds. The van der Waals surface area contributed by atoms with Crippen LogP contribution in [0, 0.1) is 6.92 Å². The third kappa shape index (κ3) is 3.12. The first-order chi connectivity index (χ1) is 10.6. The van der Waals surface area contributed by atoms with E-state index in [2.05, 4.69) is 31.3 Å². The Hall–Kier alpha value is -2.34. The van der Waals surface area contributed by atoms with Gasteiger partial charge in [0.05, 0.1) is 0 Å². The summed E-state index contributed by atoms with van der Waals surface area (Å²) in [6.45, 7) is 2.06. The smallest absolute Gasteiger partial charge is 0.205 e. The molecular weight excluding hydrogens is 344 g/mol. The van der Waals surface area contributed by atoms with E-state index in [4.69, 9.17) is 0 Å². The predicted molar refractivity (Wildman–Crippen MR) is 86.5 cm³/mol. The second-order valence-electron chi connectivity index (χ2n) is 4.89. The van der Waals surface area contributed by atoms with E-state index in [1.807, 2.05) is 43.3 Å². The zero-order valence-corrected chi connectivity index (χ0v) is 13.5. The Morgan fingerprint density at radius 3 is 2.59 bits per heavy atom. The molecule has 0 aliphatic carbocycles. The van der Waals surface area contributed by atoms with Crippen molar-refractivity contribution in [3.05, 3.63) is 64.1 Å². The molecule has 3 rings (SSSR count). The van der Waals surface area contributed by atoms with Crippen LogP contribution in [0.5, 0.6) is 0 Å². The van der Waals surface area contributed by atoms with Crippen LogP contribution < -0.4 is 0 Å². The lowest BCUT2D eigenvalue weighted by atomic mass is 10.1. The minimum Gasteiger partial charge on any atom is -0.292 e. The minimum atomic E-state index is -0.0544. The van der Waals surface area contributed by atoms with Gasteiger partial charge in [0.15, 0.2) is 5.78 Å². The zero-order valence-electron chi connectivity index (χ0n) is 11.9. The molecule has 0 atom stereocenters. The van der Waals surface area contributed by atoms with Crippen molar-refractivity contribution in [2.75, 3.05) is 0 Å². The summed E-state index contributed by atoms with van der Waals surface area (Å²) in [4.78, 5) is 13.5. The minimum absolute atomic E-state index is 0.0544. The molecule has 5 nitrogen and oxygen atoms in total. The number of carbonyl (C=O) groups excluding carboxylic acids is 1. The highest BCUT2D eigenvalue weighted by molar-refractivity contribution is 9.10. The number of carbonyl (C=O) groups is 1. The Bertz CT molecular complexity index is 811. The van der Waals surface area contributed by atoms with Crippen LogP contribution in [-0.2, 0) is 6.54 Å². The molecule has 0 spiro atoms. The van der Waals surface area contributed by atoms with Crippen LogP contribution in [0.2, 0.25) is 0 Å². The monoisotopic (exact) mass is 356 g/mol. The molecule has 0 fully saturated rings. The highest BCUT2D eigenvalue weighted by atomic mass is 79.9. The molecule has 3 aromatic rings. The first-order valence-corrected chi connectivity index (χ1v) is 7.55. The average molecular weight is 357 g/mol. The highest BCUT2D eigenvalue weighted by Gasteiger charge is 2.12. The quantitative estimate of drug-likeness (QED) is 0.673. The number of hydrogen-bond donors (Lipinski definition) is 0. The van der Waals surface area contributed by atoms with Gasteiger partial charge in [-0.15, -0.1) is 10.2 Å². The number of tetrazole rings is 1. The lowest BCUT2D eigenvalue weighted by Crippen LogP contribution is -2.13. The Labute approximate surface area is 136 Å². The Kier molecular flexibility index (Phi) is 4.11. The number of hydrogen-bond acceptors (Lipinski definition) is 4. The Balaban J connectivity index is 1.78. The summed E-state index contributed by atoms with van der Waals surface area (Å²) in [7, 11) is 0. The molecule has 0 radical (unpaired) electrons. The average Bonchev–Trinajstić information content (AvgIpc) is 2.96. The third-order valence-corrected chi connectivity index (χ3v) is 3.82. The van der Waals surface area contributed by atoms with Crippen LogP contribution in [0.1, 0.15) is 15.9 Å². The van der Waals surface area contributed by atoms with Gasteiger partial charge in [0.2, 0.25) is 5.82 Å². The highest BCUT2D eigenvalue weighted by Crippen LogP contribution is 2.18. The van der Waals surface area contributed by atoms with Crippen LogP contribution >= 0.6 is 15.9 Å². The fraction of sp³-hybridized carbons (Fsp3) is 0.125. The van der Waals surface area contributed by atoms with Crippen molar-refractivity contribution >= 4 is 21.7 Å². The molecule has 0 saturated carbocycles. The Morgan fingerprint density at radius 2 is 1.86 bits per heavy atom. The van der Waals surface area contributed by atoms with Gasteiger partial charge in [0, 0.05) is 15.6 Å². The van der Waals surface area contributed by atoms with E-state index in [1.165, 1.54) is 4.80 Å². The number of rotatable bonds is 4. The molecule has 0 saturated heterocycles. The zero-order chi connectivity index (χ0) is 15.5. The second kappa shape index (κ2) is 6.19. The first-order valence-electron chi connectivity index (χ1n) is 6.76. The lowest BCUT2D eigenvalue weighted by Gasteiger charge is -2.00. The maximum atomic E-state index is 12.2. The van der Waals surface area contributed by atoms with Crippen molar-refractivity contribution in [1.29, 1.82) is 0 Å². The van der Waals surface area contributed by atoms with Crippen LogP contribution in [-0.4, -0.2) is 26.0 Å². The molecule has 110 valence electrons. The van der Waals surface area contributed by atoms with Crippen molar-refractivity contribution in [2.45, 2.75) is 13.5 Å². The molecule has 6 heteroatoms. The van der Waals surface area contributed by atoms with Gasteiger partial charge in [-0.1, -0.05) is 52.3 Å². The van der Waals surface area contributed by atoms with Gasteiger partial charge in [0.25, 0.3) is 0 Å². The summed E-state index contributed by atoms with van der Waals surface area (Å²) in [5.41, 5.74) is 2.61. The number of ketones is 1. The normalized spacial score (nSPS) is 10.6. The van der Waals surface area contributed by atoms with Crippen LogP contribution in [0.3, 0.4) is 0 Å². The molecule has 2 aromatic carbocycles. The molecule has 22 heavy (non-hydrogen) atoms. The molecule has 0 unspecified atom stereocenters. The SMILES string of the molecule is Cc1ccccc1-c1nnn(CC(=O)c2ccc(Br)cc2)n1. The summed E-state index contributed by atoms with van der Waals surface area (Å²) in [6.07, 6.45) is 0. The predicted octanol–water partition coefficient (Wildman–Crippen LogP) is 3.29. The summed E-state index contributed by atoms with van der Waals surface area (Å²) < 4.78 is 0.935. The van der Waals surface area contributed by atoms with Gasteiger partial charge >= 0.3 is 0 Å². The summed E-state index contributed by atoms with van der Waals surface area (Å²) in [6, 6.07) is 15.0. The van der Waals surface area contributed by atoms with Crippen LogP contribution in [0.4, 0.5) is 0 Å². The molecule has 0 N–H and O–H groups in total. The number of nitrogens with zero attached hydrogens (tertiary/aromatic N) is 4. The van der Waals surface area contributed by atoms with Gasteiger partial charge in [-0.25, -0.2) is 0 Å². The molecule has 1 aromatic heterocycles. The van der Waals surface area contributed by atoms with Gasteiger partial charge < -0.3 is 0 Å². The van der Waals surface area contributed by atoms with E-state index in [0.717, 1.165) is 15.6 Å². The van der Waals surface area contributed by atoms with Crippen LogP contribution in [0.25, 0.3) is 11.4 Å². The number of Topliss-reactive ketones (excluding diaryl/α,β-unsaturated/α-hetero) is 1. The second-order valence-corrected chi connectivity index (χ2v) is 5.80. The maximum Gasteiger partial charge on any atom is 0.205 e. The Morgan fingerprint density at radius 1 is 1.14 bits per heavy atom. The lowest BCUT2D eigenvalue weighted by molar-refractivity contribution is 0.0961. The fourth-order valence-corrected chi connectivity index (χ4v) is 2.36. The van der Waals surface area contributed by atoms with Crippen molar-refractivity contribution in [3.63, 3.8) is 0 Å². The van der Waals surface area contributed by atoms with Gasteiger partial charge in [-0.2, -0.15) is 4.80 Å². The van der Waals surface area contributed by atoms with Crippen molar-refractivity contribution in [1.82, 2.24) is 20.2 Å². The fourth-order valence-electron chi connectivity index (χ4n) is 2.10. The summed E-state index contributed by atoms with van der Waals surface area (Å²) in [5.74, 6) is 0.475. The number of aryl methyl sites for hydroxylation is 1. The van der Waals surface area contributed by atoms with E-state index in [9.17, 15) is 4.79 Å². The number of benzene rings is 2. The molecule has 0 bridgehead atoms. The molecular formula is C16H13BrN4O. The van der Waals surface area contributed by atoms with Crippen molar-refractivity contribution in [2.24, 2.45) is 0 Å². The van der Waals surface area contributed by atoms with Gasteiger partial charge in [-0.05, 0) is 29.8 Å². The van der Waals surface area contributed by atoms with E-state index >= 15 is 0 Å². The van der Waals surface area contributed by atoms with E-state index < -0.39 is 0 Å². The largest absolute Gasteiger partial charge is 0.292 e. The molecule has 0 aliphatic rings. The summed E-state index contributed by atoms with van der Waals surface area (Å²) in [5, 5.41) is 12.3. The topological polar surface area (TPSA) is 60.7 Å². The van der Waals surface area contributed by atoms with Gasteiger partial charge in [-0.3, -0.25) is 4.79 Å². The number of aromatic nitrogens is 4. The third-order valence-electron chi connectivity index (χ3n) is 3.29. The molecule has 0 aliphatic heterocycles. The van der Waals surface area contributed by atoms with E-state index in [0.29, 0.717) is 11.4 Å². The van der Waals surface area contributed by atoms with E-state index in [1.54, 1.807) is 12.1 Å². The summed E-state index contributed by atoms with van der Waals surface area (Å²) >= 11 is 3.35. The van der Waals surface area contributed by atoms with Crippen molar-refractivity contribution in [3.8, 4) is 11.4 Å². The number of halogens is 1. The van der Waals surface area contributed by atoms with E-state index in [-0.39, 0.29) is 12.3 Å². The first kappa shape index (κ1) is 14.6. The maximum absolute atomic E-state index is 12.2. The van der Waals surface area contributed by atoms with Crippen molar-refractivity contribution < 1.29 is 4.79 Å². The van der Waals surface area contributed by atoms with Crippen LogP contribution in [0.15, 0.2) is 53.0 Å². The standard InChI is InChI=1S/C16H13BrN4O/c1-11-4-2-3-5-14(11)16-18-20-21(19-16)10-15(22)12-6-8-13(17)9-7-12/h2-9H,10H2,1H3.